The molecule has 2 aromatic carbocycles. The zero-order chi connectivity index (χ0) is 24.4. The molecule has 0 aliphatic heterocycles. The van der Waals surface area contributed by atoms with Crippen LogP contribution < -0.4 is 9.63 Å². The Bertz CT molecular complexity index is 1060. The molecule has 0 fully saturated rings. The van der Waals surface area contributed by atoms with Gasteiger partial charge >= 0.3 is 14.4 Å². The number of halogens is 4. The van der Waals surface area contributed by atoms with E-state index in [2.05, 4.69) is 14.6 Å². The third kappa shape index (κ3) is 9.03. The normalized spacial score (nSPS) is 11.4. The molecule has 7 nitrogen and oxygen atoms in total. The molecule has 0 spiro atoms. The van der Waals surface area contributed by atoms with Gasteiger partial charge in [-0.3, -0.25) is 0 Å². The van der Waals surface area contributed by atoms with Gasteiger partial charge in [0.15, 0.2) is 0 Å². The molecule has 1 unspecified atom stereocenters. The average Bonchev–Trinajstić information content (AvgIpc) is 2.78. The van der Waals surface area contributed by atoms with Crippen LogP contribution in [0.3, 0.4) is 0 Å². The number of hydrogen-bond acceptors (Lipinski definition) is 7. The van der Waals surface area contributed by atoms with Gasteiger partial charge in [0, 0.05) is 6.10 Å². The third-order valence-electron chi connectivity index (χ3n) is 4.32. The minimum absolute atomic E-state index is 0. The van der Waals surface area contributed by atoms with Crippen LogP contribution in [0.5, 0.6) is 11.5 Å². The summed E-state index contributed by atoms with van der Waals surface area (Å²) in [5.41, 5.74) is 2.05. The number of hydrogen-bond donors (Lipinski definition) is 1. The van der Waals surface area contributed by atoms with Gasteiger partial charge < -0.3 is 9.63 Å². The number of aromatic nitrogens is 2. The van der Waals surface area contributed by atoms with E-state index in [0.29, 0.717) is 16.5 Å². The largest absolute Gasteiger partial charge is 0.565 e. The van der Waals surface area contributed by atoms with E-state index in [1.54, 1.807) is 12.1 Å². The molecule has 0 saturated heterocycles. The first-order chi connectivity index (χ1) is 15.6. The van der Waals surface area contributed by atoms with E-state index in [0.717, 1.165) is 48.3 Å². The van der Waals surface area contributed by atoms with E-state index >= 15 is 0 Å². The lowest BCUT2D eigenvalue weighted by Crippen LogP contribution is -2.03. The highest BCUT2D eigenvalue weighted by Crippen LogP contribution is 2.31. The molecule has 0 bridgehead atoms. The Morgan fingerprint density at radius 1 is 1.06 bits per heavy atom. The van der Waals surface area contributed by atoms with E-state index in [1.807, 2.05) is 19.1 Å². The van der Waals surface area contributed by atoms with Gasteiger partial charge in [-0.15, -0.1) is 0 Å². The van der Waals surface area contributed by atoms with Crippen LogP contribution in [-0.2, 0) is 28.3 Å². The standard InChI is InChI=1S/C21H18ClF3N2O.HO4P.H2/c1-14-20(22)19(27-13-26-14)4-2-3-15-5-9-17(10-6-15)28-18-11-7-16(8-12-18)21(23,24)25;1-4-5(2)3;/h5-13H,2-4H2,1H3;1H;1H. The van der Waals surface area contributed by atoms with Gasteiger partial charge in [0.2, 0.25) is 0 Å². The molecular weight excluding hydrogens is 484 g/mol. The number of benzene rings is 2. The van der Waals surface area contributed by atoms with Gasteiger partial charge in [-0.05, 0) is 72.7 Å². The molecule has 3 rings (SSSR count). The van der Waals surface area contributed by atoms with Crippen LogP contribution in [0.15, 0.2) is 54.9 Å². The van der Waals surface area contributed by atoms with Crippen LogP contribution in [0.25, 0.3) is 0 Å². The Kier molecular flexibility index (Phi) is 10.1. The second-order valence-corrected chi connectivity index (χ2v) is 7.64. The Balaban J connectivity index is 0.000000873. The lowest BCUT2D eigenvalue weighted by atomic mass is 10.1. The molecule has 0 aliphatic carbocycles. The maximum atomic E-state index is 12.6. The summed E-state index contributed by atoms with van der Waals surface area (Å²) >= 11 is 6.20. The number of rotatable bonds is 7. The van der Waals surface area contributed by atoms with Crippen molar-refractivity contribution in [2.24, 2.45) is 0 Å². The van der Waals surface area contributed by atoms with Gasteiger partial charge in [-0.25, -0.2) is 15.2 Å². The summed E-state index contributed by atoms with van der Waals surface area (Å²) in [6.45, 7) is 1.85. The molecule has 1 atom stereocenters. The predicted molar refractivity (Wildman–Crippen MR) is 115 cm³/mol. The van der Waals surface area contributed by atoms with Crippen molar-refractivity contribution in [1.82, 2.24) is 9.97 Å². The molecule has 1 aromatic heterocycles. The molecule has 0 saturated carbocycles. The van der Waals surface area contributed by atoms with Crippen molar-refractivity contribution in [3.8, 4) is 11.5 Å². The summed E-state index contributed by atoms with van der Waals surface area (Å²) in [6.07, 6.45) is -0.347. The fourth-order valence-corrected chi connectivity index (χ4v) is 2.91. The molecule has 12 heteroatoms. The van der Waals surface area contributed by atoms with Gasteiger partial charge in [-0.1, -0.05) is 23.7 Å². The van der Waals surface area contributed by atoms with Gasteiger partial charge in [0.1, 0.15) is 17.8 Å². The monoisotopic (exact) mass is 504 g/mol. The van der Waals surface area contributed by atoms with Crippen LogP contribution in [0.2, 0.25) is 5.02 Å². The van der Waals surface area contributed by atoms with Gasteiger partial charge in [0.05, 0.1) is 22.0 Å². The second-order valence-electron chi connectivity index (χ2n) is 6.65. The first-order valence-corrected chi connectivity index (χ1v) is 10.9. The highest BCUT2D eigenvalue weighted by atomic mass is 35.5. The Morgan fingerprint density at radius 2 is 1.61 bits per heavy atom. The van der Waals surface area contributed by atoms with Crippen molar-refractivity contribution in [3.05, 3.63) is 82.4 Å². The lowest BCUT2D eigenvalue weighted by Gasteiger charge is -2.09. The molecule has 0 amide bonds. The zero-order valence-corrected chi connectivity index (χ0v) is 18.9. The second kappa shape index (κ2) is 12.6. The first-order valence-electron chi connectivity index (χ1n) is 9.46. The summed E-state index contributed by atoms with van der Waals surface area (Å²) < 4.78 is 55.0. The van der Waals surface area contributed by atoms with E-state index < -0.39 is 20.0 Å². The van der Waals surface area contributed by atoms with Crippen LogP contribution in [-0.4, -0.2) is 15.2 Å². The van der Waals surface area contributed by atoms with Crippen LogP contribution >= 0.6 is 19.9 Å². The molecular formula is C21H21ClF3N2O5P. The smallest absolute Gasteiger partial charge is 0.521 e. The number of aryl methyl sites for hydroxylation is 3. The van der Waals surface area contributed by atoms with E-state index in [1.165, 1.54) is 18.5 Å². The van der Waals surface area contributed by atoms with E-state index in [4.69, 9.17) is 31.1 Å². The van der Waals surface area contributed by atoms with Crippen molar-refractivity contribution in [2.75, 3.05) is 0 Å². The van der Waals surface area contributed by atoms with Crippen molar-refractivity contribution in [3.63, 3.8) is 0 Å². The molecule has 0 radical (unpaired) electrons. The minimum Gasteiger partial charge on any atom is -0.565 e. The minimum atomic E-state index is -4.35. The SMILES string of the molecule is Cc1ncnc(CCCc2ccc(Oc3ccc(C(F)(F)F)cc3)cc2)c1Cl.O=[P+]([O-])OO.[HH]. The Hall–Kier alpha value is -2.62. The summed E-state index contributed by atoms with van der Waals surface area (Å²) in [5.74, 6) is 0.924. The zero-order valence-electron chi connectivity index (χ0n) is 17.3. The number of alkyl halides is 3. The van der Waals surface area contributed by atoms with Crippen molar-refractivity contribution < 1.29 is 38.7 Å². The summed E-state index contributed by atoms with van der Waals surface area (Å²) in [4.78, 5) is 17.2. The molecule has 1 heterocycles. The topological polar surface area (TPSA) is 105 Å². The van der Waals surface area contributed by atoms with Gasteiger partial charge in [-0.2, -0.15) is 13.2 Å². The lowest BCUT2D eigenvalue weighted by molar-refractivity contribution is -0.244. The molecule has 0 aliphatic rings. The van der Waals surface area contributed by atoms with Crippen molar-refractivity contribution in [1.29, 1.82) is 0 Å². The highest BCUT2D eigenvalue weighted by Gasteiger charge is 2.30. The van der Waals surface area contributed by atoms with E-state index in [-0.39, 0.29) is 1.43 Å². The summed E-state index contributed by atoms with van der Waals surface area (Å²) in [5, 5.41) is 7.66. The number of ether oxygens (including phenoxy) is 1. The fraction of sp³-hybridized carbons (Fsp3) is 0.238. The molecule has 178 valence electrons. The van der Waals surface area contributed by atoms with Crippen LogP contribution in [0, 0.1) is 6.92 Å². The van der Waals surface area contributed by atoms with Crippen LogP contribution in [0.4, 0.5) is 13.2 Å². The molecule has 1 N–H and O–H groups in total. The summed E-state index contributed by atoms with van der Waals surface area (Å²) in [6, 6.07) is 12.1. The Labute approximate surface area is 195 Å². The third-order valence-corrected chi connectivity index (χ3v) is 4.95. The highest BCUT2D eigenvalue weighted by molar-refractivity contribution is 7.30. The first kappa shape index (κ1) is 26.6. The maximum Gasteiger partial charge on any atom is 0.521 e. The molecule has 33 heavy (non-hydrogen) atoms. The maximum absolute atomic E-state index is 12.6. The summed E-state index contributed by atoms with van der Waals surface area (Å²) in [7, 11) is -3.04. The van der Waals surface area contributed by atoms with E-state index in [9.17, 15) is 13.2 Å². The van der Waals surface area contributed by atoms with Crippen LogP contribution in [0.1, 0.15) is 30.4 Å². The van der Waals surface area contributed by atoms with Crippen molar-refractivity contribution in [2.45, 2.75) is 32.4 Å². The van der Waals surface area contributed by atoms with Crippen molar-refractivity contribution >= 4 is 19.9 Å². The predicted octanol–water partition coefficient (Wildman–Crippen LogP) is 6.16. The Morgan fingerprint density at radius 3 is 2.12 bits per heavy atom. The molecule has 3 aromatic rings. The number of nitrogens with zero attached hydrogens (tertiary/aromatic N) is 2. The van der Waals surface area contributed by atoms with Gasteiger partial charge in [0.25, 0.3) is 0 Å². The fourth-order valence-electron chi connectivity index (χ4n) is 2.71. The average molecular weight is 505 g/mol. The quantitative estimate of drug-likeness (QED) is 0.233.